The first kappa shape index (κ1) is 10.9. The largest absolute Gasteiger partial charge is 0.358 e. The molecule has 0 aliphatic carbocycles. The number of rotatable bonds is 5. The molecule has 2 heteroatoms. The lowest BCUT2D eigenvalue weighted by molar-refractivity contribution is -0.0764. The lowest BCUT2D eigenvalue weighted by Crippen LogP contribution is -2.41. The minimum absolute atomic E-state index is 0.287. The van der Waals surface area contributed by atoms with Crippen molar-refractivity contribution >= 4 is 0 Å². The standard InChI is InChI=1S/C9H21NO/c1-5-7-8(3)11-9(4,10)6-2/h8H,5-7,10H2,1-4H3. The van der Waals surface area contributed by atoms with Gasteiger partial charge in [-0.05, 0) is 26.7 Å². The molecular formula is C9H21NO. The van der Waals surface area contributed by atoms with E-state index in [0.29, 0.717) is 0 Å². The van der Waals surface area contributed by atoms with Gasteiger partial charge in [0.2, 0.25) is 0 Å². The Morgan fingerprint density at radius 2 is 2.00 bits per heavy atom. The van der Waals surface area contributed by atoms with Crippen LogP contribution in [0.3, 0.4) is 0 Å². The average molecular weight is 159 g/mol. The van der Waals surface area contributed by atoms with Crippen molar-refractivity contribution in [2.45, 2.75) is 58.8 Å². The minimum Gasteiger partial charge on any atom is -0.358 e. The van der Waals surface area contributed by atoms with Gasteiger partial charge in [0.05, 0.1) is 6.10 Å². The molecule has 2 nitrogen and oxygen atoms in total. The summed E-state index contributed by atoms with van der Waals surface area (Å²) < 4.78 is 5.61. The number of hydrogen-bond donors (Lipinski definition) is 1. The van der Waals surface area contributed by atoms with E-state index in [1.54, 1.807) is 0 Å². The zero-order chi connectivity index (χ0) is 8.91. The second-order valence-corrected chi connectivity index (χ2v) is 3.38. The van der Waals surface area contributed by atoms with E-state index in [9.17, 15) is 0 Å². The van der Waals surface area contributed by atoms with Crippen molar-refractivity contribution in [3.8, 4) is 0 Å². The zero-order valence-corrected chi connectivity index (χ0v) is 8.18. The van der Waals surface area contributed by atoms with E-state index >= 15 is 0 Å². The molecule has 0 aliphatic heterocycles. The molecule has 0 amide bonds. The maximum Gasteiger partial charge on any atom is 0.114 e. The van der Waals surface area contributed by atoms with Crippen molar-refractivity contribution in [1.29, 1.82) is 0 Å². The van der Waals surface area contributed by atoms with Crippen LogP contribution in [0.1, 0.15) is 47.0 Å². The van der Waals surface area contributed by atoms with Gasteiger partial charge in [-0.15, -0.1) is 0 Å². The third kappa shape index (κ3) is 5.22. The predicted octanol–water partition coefficient (Wildman–Crippen LogP) is 2.28. The highest BCUT2D eigenvalue weighted by atomic mass is 16.5. The number of ether oxygens (including phenoxy) is 1. The highest BCUT2D eigenvalue weighted by molar-refractivity contribution is 4.65. The normalized spacial score (nSPS) is 19.4. The van der Waals surface area contributed by atoms with Crippen molar-refractivity contribution < 1.29 is 4.74 Å². The summed E-state index contributed by atoms with van der Waals surface area (Å²) in [6.07, 6.45) is 3.39. The SMILES string of the molecule is CCCC(C)OC(C)(N)CC. The zero-order valence-electron chi connectivity index (χ0n) is 8.18. The first-order valence-corrected chi connectivity index (χ1v) is 4.48. The number of hydrogen-bond acceptors (Lipinski definition) is 2. The van der Waals surface area contributed by atoms with Gasteiger partial charge in [0.25, 0.3) is 0 Å². The van der Waals surface area contributed by atoms with Gasteiger partial charge in [-0.2, -0.15) is 0 Å². The van der Waals surface area contributed by atoms with E-state index in [-0.39, 0.29) is 6.10 Å². The summed E-state index contributed by atoms with van der Waals surface area (Å²) in [5, 5.41) is 0. The Kier molecular flexibility index (Phi) is 4.69. The lowest BCUT2D eigenvalue weighted by Gasteiger charge is -2.27. The van der Waals surface area contributed by atoms with Crippen molar-refractivity contribution in [1.82, 2.24) is 0 Å². The van der Waals surface area contributed by atoms with Crippen molar-refractivity contribution in [3.05, 3.63) is 0 Å². The molecule has 0 aromatic heterocycles. The van der Waals surface area contributed by atoms with Gasteiger partial charge < -0.3 is 10.5 Å². The quantitative estimate of drug-likeness (QED) is 0.625. The molecule has 2 atom stereocenters. The van der Waals surface area contributed by atoms with Crippen LogP contribution in [-0.2, 0) is 4.74 Å². The molecule has 0 heterocycles. The summed E-state index contributed by atoms with van der Waals surface area (Å²) in [6.45, 7) is 8.20. The highest BCUT2D eigenvalue weighted by Crippen LogP contribution is 2.12. The molecule has 2 N–H and O–H groups in total. The predicted molar refractivity (Wildman–Crippen MR) is 48.3 cm³/mol. The Labute approximate surface area is 70.1 Å². The van der Waals surface area contributed by atoms with E-state index in [0.717, 1.165) is 19.3 Å². The highest BCUT2D eigenvalue weighted by Gasteiger charge is 2.18. The summed E-state index contributed by atoms with van der Waals surface area (Å²) in [4.78, 5) is 0. The molecule has 68 valence electrons. The van der Waals surface area contributed by atoms with E-state index in [1.165, 1.54) is 0 Å². The lowest BCUT2D eigenvalue weighted by atomic mass is 10.2. The fourth-order valence-electron chi connectivity index (χ4n) is 1.01. The van der Waals surface area contributed by atoms with Gasteiger partial charge in [0.15, 0.2) is 0 Å². The Bertz CT molecular complexity index is 102. The summed E-state index contributed by atoms with van der Waals surface area (Å²) in [5.41, 5.74) is 5.39. The fraction of sp³-hybridized carbons (Fsp3) is 1.00. The molecular weight excluding hydrogens is 138 g/mol. The van der Waals surface area contributed by atoms with Crippen LogP contribution in [0.2, 0.25) is 0 Å². The second-order valence-electron chi connectivity index (χ2n) is 3.38. The van der Waals surface area contributed by atoms with E-state index in [4.69, 9.17) is 10.5 Å². The summed E-state index contributed by atoms with van der Waals surface area (Å²) in [5.74, 6) is 0. The van der Waals surface area contributed by atoms with Crippen LogP contribution in [0.15, 0.2) is 0 Å². The van der Waals surface area contributed by atoms with Gasteiger partial charge in [0, 0.05) is 0 Å². The Hall–Kier alpha value is -0.0800. The van der Waals surface area contributed by atoms with Gasteiger partial charge in [0.1, 0.15) is 5.72 Å². The third-order valence-electron chi connectivity index (χ3n) is 1.87. The Morgan fingerprint density at radius 3 is 2.36 bits per heavy atom. The molecule has 0 aromatic rings. The molecule has 0 rings (SSSR count). The van der Waals surface area contributed by atoms with Crippen LogP contribution >= 0.6 is 0 Å². The van der Waals surface area contributed by atoms with Gasteiger partial charge in [-0.1, -0.05) is 20.3 Å². The summed E-state index contributed by atoms with van der Waals surface area (Å²) in [7, 11) is 0. The van der Waals surface area contributed by atoms with Crippen LogP contribution in [0.25, 0.3) is 0 Å². The fourth-order valence-corrected chi connectivity index (χ4v) is 1.01. The smallest absolute Gasteiger partial charge is 0.114 e. The molecule has 0 aliphatic rings. The Morgan fingerprint density at radius 1 is 1.45 bits per heavy atom. The molecule has 0 saturated heterocycles. The van der Waals surface area contributed by atoms with E-state index < -0.39 is 5.72 Å². The average Bonchev–Trinajstić information content (AvgIpc) is 1.87. The molecule has 0 saturated carbocycles. The maximum absolute atomic E-state index is 5.82. The summed E-state index contributed by atoms with van der Waals surface area (Å²) in [6, 6.07) is 0. The first-order valence-electron chi connectivity index (χ1n) is 4.48. The minimum atomic E-state index is -0.436. The third-order valence-corrected chi connectivity index (χ3v) is 1.87. The van der Waals surface area contributed by atoms with Gasteiger partial charge in [-0.25, -0.2) is 0 Å². The monoisotopic (exact) mass is 159 g/mol. The van der Waals surface area contributed by atoms with Crippen molar-refractivity contribution in [2.75, 3.05) is 0 Å². The van der Waals surface area contributed by atoms with Crippen LogP contribution in [-0.4, -0.2) is 11.8 Å². The van der Waals surface area contributed by atoms with E-state index in [2.05, 4.69) is 13.8 Å². The molecule has 11 heavy (non-hydrogen) atoms. The van der Waals surface area contributed by atoms with Crippen molar-refractivity contribution in [2.24, 2.45) is 5.73 Å². The van der Waals surface area contributed by atoms with Crippen LogP contribution in [0.5, 0.6) is 0 Å². The maximum atomic E-state index is 5.82. The van der Waals surface area contributed by atoms with Crippen LogP contribution in [0.4, 0.5) is 0 Å². The topological polar surface area (TPSA) is 35.2 Å². The van der Waals surface area contributed by atoms with Crippen LogP contribution < -0.4 is 5.73 Å². The molecule has 0 radical (unpaired) electrons. The summed E-state index contributed by atoms with van der Waals surface area (Å²) >= 11 is 0. The van der Waals surface area contributed by atoms with E-state index in [1.807, 2.05) is 13.8 Å². The number of nitrogens with two attached hydrogens (primary N) is 1. The Balaban J connectivity index is 3.64. The van der Waals surface area contributed by atoms with Gasteiger partial charge >= 0.3 is 0 Å². The van der Waals surface area contributed by atoms with Gasteiger partial charge in [-0.3, -0.25) is 0 Å². The van der Waals surface area contributed by atoms with Crippen LogP contribution in [0, 0.1) is 0 Å². The molecule has 0 aromatic carbocycles. The molecule has 0 fully saturated rings. The second kappa shape index (κ2) is 4.73. The molecule has 0 spiro atoms. The molecule has 0 bridgehead atoms. The molecule has 2 unspecified atom stereocenters. The first-order chi connectivity index (χ1) is 5.02. The van der Waals surface area contributed by atoms with Crippen molar-refractivity contribution in [3.63, 3.8) is 0 Å².